The van der Waals surface area contributed by atoms with E-state index in [1.165, 1.54) is 31.3 Å². The van der Waals surface area contributed by atoms with Gasteiger partial charge in [-0.25, -0.2) is 0 Å². The van der Waals surface area contributed by atoms with Crippen LogP contribution < -0.4 is 0 Å². The summed E-state index contributed by atoms with van der Waals surface area (Å²) >= 11 is 0. The highest BCUT2D eigenvalue weighted by Gasteiger charge is 2.60. The molecule has 3 fully saturated rings. The lowest BCUT2D eigenvalue weighted by Crippen LogP contribution is -2.55. The van der Waals surface area contributed by atoms with Crippen molar-refractivity contribution in [2.24, 2.45) is 34.5 Å². The van der Waals surface area contributed by atoms with Crippen molar-refractivity contribution in [1.82, 2.24) is 0 Å². The lowest BCUT2D eigenvalue weighted by molar-refractivity contribution is -0.113. The molecule has 1 heteroatoms. The van der Waals surface area contributed by atoms with Gasteiger partial charge in [0, 0.05) is 11.3 Å². The van der Waals surface area contributed by atoms with Crippen LogP contribution in [0.4, 0.5) is 0 Å². The number of rotatable bonds is 0. The van der Waals surface area contributed by atoms with E-state index in [0.717, 1.165) is 23.8 Å². The molecule has 0 heterocycles. The lowest BCUT2D eigenvalue weighted by atomic mass is 9.47. The van der Waals surface area contributed by atoms with Crippen LogP contribution in [-0.4, -0.2) is 11.2 Å². The minimum atomic E-state index is -0.156. The third-order valence-corrected chi connectivity index (χ3v) is 8.06. The van der Waals surface area contributed by atoms with E-state index in [0.29, 0.717) is 17.3 Å². The average Bonchev–Trinajstić information content (AvgIpc) is 2.75. The predicted octanol–water partition coefficient (Wildman–Crippen LogP) is 4.89. The van der Waals surface area contributed by atoms with Crippen LogP contribution in [0.25, 0.3) is 0 Å². The van der Waals surface area contributed by atoms with Crippen LogP contribution in [0.5, 0.6) is 0 Å². The van der Waals surface area contributed by atoms with Gasteiger partial charge >= 0.3 is 0 Å². The molecule has 7 unspecified atom stereocenters. The Morgan fingerprint density at radius 1 is 1.23 bits per heavy atom. The largest absolute Gasteiger partial charge is 0.393 e. The molecule has 0 amide bonds. The summed E-state index contributed by atoms with van der Waals surface area (Å²) in [5.74, 6) is 2.67. The van der Waals surface area contributed by atoms with Gasteiger partial charge in [-0.15, -0.1) is 0 Å². The van der Waals surface area contributed by atoms with Crippen molar-refractivity contribution in [3.05, 3.63) is 36.0 Å². The van der Waals surface area contributed by atoms with Crippen LogP contribution >= 0.6 is 0 Å². The minimum absolute atomic E-state index is 0.0523. The van der Waals surface area contributed by atoms with Gasteiger partial charge in [0.2, 0.25) is 0 Å². The first-order valence-corrected chi connectivity index (χ1v) is 9.13. The zero-order chi connectivity index (χ0) is 15.7. The van der Waals surface area contributed by atoms with Crippen molar-refractivity contribution >= 4 is 0 Å². The molecule has 0 aromatic carbocycles. The third kappa shape index (κ3) is 1.75. The molecule has 0 bridgehead atoms. The third-order valence-electron chi connectivity index (χ3n) is 8.06. The molecule has 4 aliphatic rings. The molecule has 0 radical (unpaired) electrons. The summed E-state index contributed by atoms with van der Waals surface area (Å²) < 4.78 is 0. The molecule has 0 spiro atoms. The zero-order valence-corrected chi connectivity index (χ0v) is 14.3. The van der Waals surface area contributed by atoms with E-state index in [1.54, 1.807) is 0 Å². The molecule has 7 atom stereocenters. The Morgan fingerprint density at radius 2 is 2.00 bits per heavy atom. The highest BCUT2D eigenvalue weighted by Crippen LogP contribution is 2.65. The molecule has 0 aliphatic heterocycles. The molecule has 4 aliphatic carbocycles. The van der Waals surface area contributed by atoms with Crippen molar-refractivity contribution in [2.75, 3.05) is 0 Å². The first-order valence-electron chi connectivity index (χ1n) is 9.13. The molecular weight excluding hydrogens is 268 g/mol. The smallest absolute Gasteiger partial charge is 0.0587 e. The lowest BCUT2D eigenvalue weighted by Gasteiger charge is -2.58. The van der Waals surface area contributed by atoms with Gasteiger partial charge in [0.15, 0.2) is 0 Å². The fourth-order valence-corrected chi connectivity index (χ4v) is 6.65. The number of allylic oxidation sites excluding steroid dienone is 5. The topological polar surface area (TPSA) is 20.2 Å². The molecule has 0 aromatic heterocycles. The first-order chi connectivity index (χ1) is 10.4. The van der Waals surface area contributed by atoms with Crippen LogP contribution in [0.15, 0.2) is 36.0 Å². The van der Waals surface area contributed by atoms with E-state index >= 15 is 0 Å². The molecule has 22 heavy (non-hydrogen) atoms. The van der Waals surface area contributed by atoms with E-state index in [1.807, 2.05) is 0 Å². The van der Waals surface area contributed by atoms with Crippen LogP contribution in [0, 0.1) is 34.5 Å². The molecule has 120 valence electrons. The fourth-order valence-electron chi connectivity index (χ4n) is 6.65. The molecule has 1 N–H and O–H groups in total. The molecule has 0 aromatic rings. The SMILES string of the molecule is C=C1C=CC2(C)C(=C1)CCC1C2C(O)CC2(C)C(C)CCC12. The maximum atomic E-state index is 11.1. The van der Waals surface area contributed by atoms with Crippen molar-refractivity contribution in [2.45, 2.75) is 59.0 Å². The second kappa shape index (κ2) is 4.60. The van der Waals surface area contributed by atoms with Crippen molar-refractivity contribution in [1.29, 1.82) is 0 Å². The Bertz CT molecular complexity index is 570. The summed E-state index contributed by atoms with van der Waals surface area (Å²) in [6.07, 6.45) is 12.8. The Kier molecular flexibility index (Phi) is 3.08. The normalized spacial score (nSPS) is 53.5. The van der Waals surface area contributed by atoms with Crippen LogP contribution in [0.2, 0.25) is 0 Å². The predicted molar refractivity (Wildman–Crippen MR) is 91.3 cm³/mol. The molecule has 1 nitrogen and oxygen atoms in total. The summed E-state index contributed by atoms with van der Waals surface area (Å²) in [6, 6.07) is 0. The number of aliphatic hydroxyl groups is 1. The average molecular weight is 298 g/mol. The van der Waals surface area contributed by atoms with Gasteiger partial charge in [0.1, 0.15) is 0 Å². The van der Waals surface area contributed by atoms with Crippen molar-refractivity contribution in [3.8, 4) is 0 Å². The van der Waals surface area contributed by atoms with E-state index in [4.69, 9.17) is 0 Å². The quantitative estimate of drug-likeness (QED) is 0.675. The summed E-state index contributed by atoms with van der Waals surface area (Å²) in [5, 5.41) is 11.1. The van der Waals surface area contributed by atoms with Gasteiger partial charge in [-0.3, -0.25) is 0 Å². The number of fused-ring (bicyclic) bond motifs is 5. The van der Waals surface area contributed by atoms with Gasteiger partial charge in [-0.05, 0) is 60.8 Å². The maximum Gasteiger partial charge on any atom is 0.0587 e. The Hall–Kier alpha value is -0.820. The number of hydrogen-bond donors (Lipinski definition) is 1. The van der Waals surface area contributed by atoms with Gasteiger partial charge < -0.3 is 5.11 Å². The Labute approximate surface area is 135 Å². The molecule has 0 saturated heterocycles. The Morgan fingerprint density at radius 3 is 2.77 bits per heavy atom. The monoisotopic (exact) mass is 298 g/mol. The highest BCUT2D eigenvalue weighted by molar-refractivity contribution is 5.43. The van der Waals surface area contributed by atoms with E-state index in [9.17, 15) is 5.11 Å². The summed E-state index contributed by atoms with van der Waals surface area (Å²) in [4.78, 5) is 0. The maximum absolute atomic E-state index is 11.1. The second-order valence-corrected chi connectivity index (χ2v) is 8.95. The van der Waals surface area contributed by atoms with Gasteiger partial charge in [-0.2, -0.15) is 0 Å². The van der Waals surface area contributed by atoms with E-state index < -0.39 is 0 Å². The fraction of sp³-hybridized carbons (Fsp3) is 0.714. The number of aliphatic hydroxyl groups excluding tert-OH is 1. The van der Waals surface area contributed by atoms with Crippen LogP contribution in [0.3, 0.4) is 0 Å². The number of hydrogen-bond acceptors (Lipinski definition) is 1. The van der Waals surface area contributed by atoms with E-state index in [-0.39, 0.29) is 11.5 Å². The van der Waals surface area contributed by atoms with Gasteiger partial charge in [-0.1, -0.05) is 51.2 Å². The summed E-state index contributed by atoms with van der Waals surface area (Å²) in [5.41, 5.74) is 3.04. The van der Waals surface area contributed by atoms with Crippen molar-refractivity contribution in [3.63, 3.8) is 0 Å². The van der Waals surface area contributed by atoms with Crippen molar-refractivity contribution < 1.29 is 5.11 Å². The standard InChI is InChI=1S/C21H30O/c1-13-9-10-20(3)15(11-13)6-7-16-17-8-5-14(2)21(17,4)12-18(22)19(16)20/h9-11,14,16-19,22H,1,5-8,12H2,2-4H3. The minimum Gasteiger partial charge on any atom is -0.393 e. The Balaban J connectivity index is 1.76. The highest BCUT2D eigenvalue weighted by atomic mass is 16.3. The van der Waals surface area contributed by atoms with Gasteiger partial charge in [0.05, 0.1) is 6.10 Å². The molecule has 3 saturated carbocycles. The summed E-state index contributed by atoms with van der Waals surface area (Å²) in [7, 11) is 0. The summed E-state index contributed by atoms with van der Waals surface area (Å²) in [6.45, 7) is 11.3. The first kappa shape index (κ1) is 14.8. The zero-order valence-electron chi connectivity index (χ0n) is 14.3. The molecular formula is C21H30O. The van der Waals surface area contributed by atoms with Gasteiger partial charge in [0.25, 0.3) is 0 Å². The van der Waals surface area contributed by atoms with E-state index in [2.05, 4.69) is 45.6 Å². The second-order valence-electron chi connectivity index (χ2n) is 8.95. The van der Waals surface area contributed by atoms with Crippen LogP contribution in [-0.2, 0) is 0 Å². The molecule has 4 rings (SSSR count). The van der Waals surface area contributed by atoms with Crippen LogP contribution in [0.1, 0.15) is 52.9 Å².